The lowest BCUT2D eigenvalue weighted by molar-refractivity contribution is 0.102. The van der Waals surface area contributed by atoms with Gasteiger partial charge in [-0.2, -0.15) is 8.78 Å². The van der Waals surface area contributed by atoms with Crippen LogP contribution in [-0.2, 0) is 0 Å². The molecule has 0 radical (unpaired) electrons. The molecule has 0 aliphatic rings. The van der Waals surface area contributed by atoms with Crippen molar-refractivity contribution in [2.45, 2.75) is 10.7 Å². The van der Waals surface area contributed by atoms with Gasteiger partial charge < -0.3 is 10.4 Å². The molecule has 2 aromatic rings. The fraction of sp³-hybridized carbons (Fsp3) is 0.0714. The van der Waals surface area contributed by atoms with E-state index >= 15 is 0 Å². The van der Waals surface area contributed by atoms with Crippen molar-refractivity contribution in [3.8, 4) is 5.75 Å². The Hall–Kier alpha value is -1.79. The third-order valence-corrected chi connectivity index (χ3v) is 3.58. The lowest BCUT2D eigenvalue weighted by Gasteiger charge is -2.11. The molecule has 0 heterocycles. The van der Waals surface area contributed by atoms with Crippen molar-refractivity contribution in [2.75, 3.05) is 5.32 Å². The van der Waals surface area contributed by atoms with E-state index in [0.29, 0.717) is 11.8 Å². The summed E-state index contributed by atoms with van der Waals surface area (Å²) in [5, 5.41) is 12.4. The monoisotopic (exact) mass is 329 g/mol. The molecule has 2 aromatic carbocycles. The zero-order valence-electron chi connectivity index (χ0n) is 10.5. The molecule has 0 atom stereocenters. The first-order valence-electron chi connectivity index (χ1n) is 5.81. The van der Waals surface area contributed by atoms with Gasteiger partial charge in [-0.3, -0.25) is 4.79 Å². The van der Waals surface area contributed by atoms with Crippen molar-refractivity contribution >= 4 is 35.0 Å². The van der Waals surface area contributed by atoms with Gasteiger partial charge in [0.2, 0.25) is 0 Å². The van der Waals surface area contributed by atoms with E-state index in [1.807, 2.05) is 0 Å². The molecular weight excluding hydrogens is 320 g/mol. The molecule has 0 bridgehead atoms. The zero-order valence-corrected chi connectivity index (χ0v) is 12.1. The molecule has 1 amide bonds. The van der Waals surface area contributed by atoms with E-state index in [0.717, 1.165) is 0 Å². The Kier molecular flexibility index (Phi) is 5.03. The molecule has 0 unspecified atom stereocenters. The number of nitrogens with one attached hydrogen (secondary N) is 1. The van der Waals surface area contributed by atoms with Crippen molar-refractivity contribution < 1.29 is 18.7 Å². The molecule has 2 N–H and O–H groups in total. The van der Waals surface area contributed by atoms with Crippen LogP contribution >= 0.6 is 23.4 Å². The summed E-state index contributed by atoms with van der Waals surface area (Å²) in [7, 11) is 0. The molecule has 7 heteroatoms. The fourth-order valence-electron chi connectivity index (χ4n) is 1.65. The molecule has 0 aromatic heterocycles. The van der Waals surface area contributed by atoms with Crippen LogP contribution in [0.2, 0.25) is 5.02 Å². The maximum atomic E-state index is 12.5. The van der Waals surface area contributed by atoms with Gasteiger partial charge in [0.15, 0.2) is 0 Å². The minimum absolute atomic E-state index is 0.0284. The third-order valence-electron chi connectivity index (χ3n) is 2.55. The Morgan fingerprint density at radius 1 is 1.24 bits per heavy atom. The van der Waals surface area contributed by atoms with Crippen molar-refractivity contribution in [2.24, 2.45) is 0 Å². The lowest BCUT2D eigenvalue weighted by Crippen LogP contribution is -2.12. The highest BCUT2D eigenvalue weighted by Gasteiger charge is 2.15. The van der Waals surface area contributed by atoms with Crippen LogP contribution in [0.1, 0.15) is 10.4 Å². The van der Waals surface area contributed by atoms with Crippen LogP contribution < -0.4 is 5.32 Å². The van der Waals surface area contributed by atoms with Gasteiger partial charge in [-0.25, -0.2) is 0 Å². The number of carbonyl (C=O) groups is 1. The number of alkyl halides is 2. The average molecular weight is 330 g/mol. The molecule has 21 heavy (non-hydrogen) atoms. The minimum Gasteiger partial charge on any atom is -0.507 e. The van der Waals surface area contributed by atoms with Gasteiger partial charge in [-0.1, -0.05) is 35.5 Å². The molecule has 0 saturated heterocycles. The molecule has 0 aliphatic carbocycles. The quantitative estimate of drug-likeness (QED) is 0.805. The van der Waals surface area contributed by atoms with Crippen LogP contribution in [0.15, 0.2) is 47.4 Å². The molecule has 110 valence electrons. The van der Waals surface area contributed by atoms with E-state index in [9.17, 15) is 18.7 Å². The number of amides is 1. The minimum atomic E-state index is -2.59. The summed E-state index contributed by atoms with van der Waals surface area (Å²) in [5.74, 6) is -3.46. The van der Waals surface area contributed by atoms with Crippen LogP contribution in [0.4, 0.5) is 14.5 Å². The van der Waals surface area contributed by atoms with E-state index in [-0.39, 0.29) is 26.9 Å². The van der Waals surface area contributed by atoms with Crippen molar-refractivity contribution in [3.05, 3.63) is 53.1 Å². The van der Waals surface area contributed by atoms with Crippen LogP contribution in [0.3, 0.4) is 0 Å². The van der Waals surface area contributed by atoms with E-state index in [4.69, 9.17) is 11.6 Å². The number of anilines is 1. The second kappa shape index (κ2) is 6.78. The first kappa shape index (κ1) is 15.6. The predicted molar refractivity (Wildman–Crippen MR) is 79.4 cm³/mol. The highest BCUT2D eigenvalue weighted by atomic mass is 35.5. The number of rotatable bonds is 4. The number of phenols is 1. The van der Waals surface area contributed by atoms with E-state index in [1.54, 1.807) is 12.1 Å². The Bertz CT molecular complexity index is 667. The number of hydrogen-bond donors (Lipinski definition) is 2. The highest BCUT2D eigenvalue weighted by molar-refractivity contribution is 7.99. The summed E-state index contributed by atoms with van der Waals surface area (Å²) in [5.41, 5.74) is 0.214. The summed E-state index contributed by atoms with van der Waals surface area (Å²) >= 11 is 6.10. The third kappa shape index (κ3) is 4.09. The van der Waals surface area contributed by atoms with Crippen LogP contribution in [0.25, 0.3) is 0 Å². The van der Waals surface area contributed by atoms with E-state index in [1.165, 1.54) is 30.3 Å². The molecule has 2 rings (SSSR count). The first-order valence-corrected chi connectivity index (χ1v) is 7.07. The zero-order chi connectivity index (χ0) is 15.4. The standard InChI is InChI=1S/C14H10ClF2NO2S/c15-8-5-6-11(19)9(7-8)13(20)18-10-3-1-2-4-12(10)21-14(16)17/h1-7,14,19H,(H,18,20). The molecule has 0 spiro atoms. The summed E-state index contributed by atoms with van der Waals surface area (Å²) in [6.45, 7) is 0. The topological polar surface area (TPSA) is 49.3 Å². The number of hydrogen-bond acceptors (Lipinski definition) is 3. The Morgan fingerprint density at radius 3 is 2.67 bits per heavy atom. The summed E-state index contributed by atoms with van der Waals surface area (Å²) < 4.78 is 24.9. The van der Waals surface area contributed by atoms with Gasteiger partial charge in [0.1, 0.15) is 5.75 Å². The Labute approximate surface area is 128 Å². The van der Waals surface area contributed by atoms with Gasteiger partial charge in [-0.15, -0.1) is 0 Å². The smallest absolute Gasteiger partial charge is 0.288 e. The first-order chi connectivity index (χ1) is 9.97. The van der Waals surface area contributed by atoms with Crippen molar-refractivity contribution in [1.29, 1.82) is 0 Å². The van der Waals surface area contributed by atoms with Crippen molar-refractivity contribution in [3.63, 3.8) is 0 Å². The average Bonchev–Trinajstić information content (AvgIpc) is 2.43. The number of thioether (sulfide) groups is 1. The maximum absolute atomic E-state index is 12.5. The number of phenolic OH excluding ortho intramolecular Hbond substituents is 1. The van der Waals surface area contributed by atoms with Gasteiger partial charge in [0, 0.05) is 9.92 Å². The van der Waals surface area contributed by atoms with Gasteiger partial charge >= 0.3 is 0 Å². The Morgan fingerprint density at radius 2 is 1.95 bits per heavy atom. The SMILES string of the molecule is O=C(Nc1ccccc1SC(F)F)c1cc(Cl)ccc1O. The number of benzene rings is 2. The summed E-state index contributed by atoms with van der Waals surface area (Å²) in [4.78, 5) is 12.3. The number of para-hydroxylation sites is 1. The summed E-state index contributed by atoms with van der Waals surface area (Å²) in [6, 6.07) is 10.2. The summed E-state index contributed by atoms with van der Waals surface area (Å²) in [6.07, 6.45) is 0. The number of aromatic hydroxyl groups is 1. The second-order valence-corrected chi connectivity index (χ2v) is 5.46. The Balaban J connectivity index is 2.25. The second-order valence-electron chi connectivity index (χ2n) is 3.99. The molecule has 0 saturated carbocycles. The van der Waals surface area contributed by atoms with Crippen LogP contribution in [-0.4, -0.2) is 16.8 Å². The number of carbonyl (C=O) groups excluding carboxylic acids is 1. The maximum Gasteiger partial charge on any atom is 0.288 e. The van der Waals surface area contributed by atoms with Gasteiger partial charge in [0.05, 0.1) is 11.3 Å². The van der Waals surface area contributed by atoms with Crippen molar-refractivity contribution in [1.82, 2.24) is 0 Å². The number of halogens is 3. The highest BCUT2D eigenvalue weighted by Crippen LogP contribution is 2.32. The fourth-order valence-corrected chi connectivity index (χ4v) is 2.42. The van der Waals surface area contributed by atoms with Crippen LogP contribution in [0, 0.1) is 0 Å². The van der Waals surface area contributed by atoms with E-state index in [2.05, 4.69) is 5.32 Å². The van der Waals surface area contributed by atoms with E-state index < -0.39 is 11.7 Å². The van der Waals surface area contributed by atoms with Gasteiger partial charge in [-0.05, 0) is 30.3 Å². The lowest BCUT2D eigenvalue weighted by atomic mass is 10.2. The molecule has 0 aliphatic heterocycles. The molecule has 3 nitrogen and oxygen atoms in total. The predicted octanol–water partition coefficient (Wildman–Crippen LogP) is 4.61. The van der Waals surface area contributed by atoms with Gasteiger partial charge in [0.25, 0.3) is 11.7 Å². The normalized spacial score (nSPS) is 10.7. The molecular formula is C14H10ClF2NO2S. The molecule has 0 fully saturated rings. The largest absolute Gasteiger partial charge is 0.507 e. The van der Waals surface area contributed by atoms with Crippen LogP contribution in [0.5, 0.6) is 5.75 Å².